The molecule has 0 unspecified atom stereocenters. The van der Waals surface area contributed by atoms with Crippen molar-refractivity contribution in [2.75, 3.05) is 26.3 Å². The maximum absolute atomic E-state index is 13.1. The average molecular weight is 478 g/mol. The molecule has 2 aromatic rings. The number of hydrogen-bond acceptors (Lipinski definition) is 5. The number of aliphatic carboxylic acids is 1. The third-order valence-corrected chi connectivity index (χ3v) is 6.92. The normalized spacial score (nSPS) is 23.2. The van der Waals surface area contributed by atoms with E-state index in [0.717, 1.165) is 31.5 Å². The third kappa shape index (κ3) is 7.10. The van der Waals surface area contributed by atoms with Gasteiger partial charge in [-0.1, -0.05) is 66.7 Å². The Kier molecular flexibility index (Phi) is 9.23. The van der Waals surface area contributed by atoms with Crippen molar-refractivity contribution in [3.63, 3.8) is 0 Å². The number of ether oxygens (including phenoxy) is 2. The highest BCUT2D eigenvalue weighted by atomic mass is 16.5. The lowest BCUT2D eigenvalue weighted by Crippen LogP contribution is -2.49. The zero-order valence-electron chi connectivity index (χ0n) is 20.2. The first-order chi connectivity index (χ1) is 17.1. The summed E-state index contributed by atoms with van der Waals surface area (Å²) < 4.78 is 11.9. The fourth-order valence-electron chi connectivity index (χ4n) is 5.08. The van der Waals surface area contributed by atoms with Crippen LogP contribution in [0.3, 0.4) is 0 Å². The van der Waals surface area contributed by atoms with Crippen molar-refractivity contribution in [2.24, 2.45) is 5.92 Å². The molecule has 35 heavy (non-hydrogen) atoms. The van der Waals surface area contributed by atoms with Crippen molar-refractivity contribution in [1.29, 1.82) is 0 Å². The van der Waals surface area contributed by atoms with E-state index in [-0.39, 0.29) is 30.3 Å². The number of rotatable bonds is 11. The van der Waals surface area contributed by atoms with Crippen molar-refractivity contribution in [3.05, 3.63) is 72.3 Å². The van der Waals surface area contributed by atoms with Gasteiger partial charge in [0.25, 0.3) is 0 Å². The first kappa shape index (κ1) is 25.3. The summed E-state index contributed by atoms with van der Waals surface area (Å²) in [4.78, 5) is 26.0. The molecule has 186 valence electrons. The van der Waals surface area contributed by atoms with Gasteiger partial charge in [-0.3, -0.25) is 14.5 Å². The summed E-state index contributed by atoms with van der Waals surface area (Å²) in [5, 5.41) is 8.82. The predicted octanol–water partition coefficient (Wildman–Crippen LogP) is 4.73. The van der Waals surface area contributed by atoms with E-state index >= 15 is 0 Å². The molecule has 0 amide bonds. The Morgan fingerprint density at radius 1 is 1.03 bits per heavy atom. The van der Waals surface area contributed by atoms with Gasteiger partial charge in [-0.05, 0) is 36.0 Å². The van der Waals surface area contributed by atoms with E-state index < -0.39 is 5.97 Å². The Morgan fingerprint density at radius 2 is 1.74 bits per heavy atom. The van der Waals surface area contributed by atoms with Crippen molar-refractivity contribution in [3.8, 4) is 11.1 Å². The molecule has 1 heterocycles. The Hall–Kier alpha value is -2.80. The Bertz CT molecular complexity index is 982. The summed E-state index contributed by atoms with van der Waals surface area (Å²) in [6, 6.07) is 18.6. The number of benzene rings is 2. The first-order valence-electron chi connectivity index (χ1n) is 12.6. The van der Waals surface area contributed by atoms with Crippen LogP contribution in [0.1, 0.15) is 37.7 Å². The standard InChI is InChI=1S/C29H35NO5/c31-26-20-27(35-21-22-12-14-24(15-13-22)23-8-4-3-5-9-23)25(10-6-1-2-7-11-28(32)33)29(26)30-16-18-34-19-17-30/h1,3-6,8-9,12-15,25,27,29H,2,7,10-11,16-21H2,(H,32,33)/b6-1-/t25-,27-,29+/m0/s1. The summed E-state index contributed by atoms with van der Waals surface area (Å²) in [6.45, 7) is 3.31. The topological polar surface area (TPSA) is 76.1 Å². The Labute approximate surface area is 207 Å². The smallest absolute Gasteiger partial charge is 0.303 e. The molecule has 0 aromatic heterocycles. The second kappa shape index (κ2) is 12.8. The lowest BCUT2D eigenvalue weighted by Gasteiger charge is -2.35. The van der Waals surface area contributed by atoms with E-state index in [2.05, 4.69) is 47.4 Å². The molecule has 2 aliphatic rings. The average Bonchev–Trinajstić information content (AvgIpc) is 3.20. The van der Waals surface area contributed by atoms with Crippen LogP contribution in [0.5, 0.6) is 0 Å². The Morgan fingerprint density at radius 3 is 2.46 bits per heavy atom. The molecular formula is C29H35NO5. The van der Waals surface area contributed by atoms with Crippen LogP contribution >= 0.6 is 0 Å². The number of nitrogens with zero attached hydrogens (tertiary/aromatic N) is 1. The minimum atomic E-state index is -0.766. The van der Waals surface area contributed by atoms with Gasteiger partial charge in [0, 0.05) is 31.8 Å². The number of ketones is 1. The van der Waals surface area contributed by atoms with Crippen LogP contribution in [0.25, 0.3) is 11.1 Å². The zero-order valence-corrected chi connectivity index (χ0v) is 20.2. The minimum absolute atomic E-state index is 0.0833. The predicted molar refractivity (Wildman–Crippen MR) is 135 cm³/mol. The van der Waals surface area contributed by atoms with E-state index in [1.807, 2.05) is 24.3 Å². The van der Waals surface area contributed by atoms with Crippen LogP contribution in [0.2, 0.25) is 0 Å². The number of carbonyl (C=O) groups excluding carboxylic acids is 1. The molecule has 1 saturated carbocycles. The third-order valence-electron chi connectivity index (χ3n) is 6.92. The first-order valence-corrected chi connectivity index (χ1v) is 12.6. The van der Waals surface area contributed by atoms with Gasteiger partial charge in [0.2, 0.25) is 0 Å². The fraction of sp³-hybridized carbons (Fsp3) is 0.448. The van der Waals surface area contributed by atoms with Crippen molar-refractivity contribution in [2.45, 2.75) is 50.9 Å². The van der Waals surface area contributed by atoms with Gasteiger partial charge >= 0.3 is 5.97 Å². The molecule has 1 aliphatic heterocycles. The number of carbonyl (C=O) groups is 2. The second-order valence-corrected chi connectivity index (χ2v) is 9.33. The van der Waals surface area contributed by atoms with Gasteiger partial charge in [0.15, 0.2) is 5.78 Å². The van der Waals surface area contributed by atoms with E-state index in [4.69, 9.17) is 14.6 Å². The summed E-state index contributed by atoms with van der Waals surface area (Å²) in [5.74, 6) is -0.432. The molecule has 0 radical (unpaired) electrons. The number of morpholine rings is 1. The van der Waals surface area contributed by atoms with Gasteiger partial charge in [-0.15, -0.1) is 0 Å². The number of hydrogen-bond donors (Lipinski definition) is 1. The van der Waals surface area contributed by atoms with Crippen molar-refractivity contribution >= 4 is 11.8 Å². The van der Waals surface area contributed by atoms with Crippen LogP contribution in [0.4, 0.5) is 0 Å². The van der Waals surface area contributed by atoms with Gasteiger partial charge in [-0.2, -0.15) is 0 Å². The molecular weight excluding hydrogens is 442 g/mol. The quantitative estimate of drug-likeness (QED) is 0.373. The second-order valence-electron chi connectivity index (χ2n) is 9.33. The van der Waals surface area contributed by atoms with Crippen molar-refractivity contribution < 1.29 is 24.2 Å². The lowest BCUT2D eigenvalue weighted by atomic mass is 9.95. The van der Waals surface area contributed by atoms with Gasteiger partial charge in [0.05, 0.1) is 32.0 Å². The summed E-state index contributed by atoms with van der Waals surface area (Å²) in [6.07, 6.45) is 6.73. The van der Waals surface area contributed by atoms with Crippen LogP contribution in [0.15, 0.2) is 66.7 Å². The monoisotopic (exact) mass is 477 g/mol. The minimum Gasteiger partial charge on any atom is -0.481 e. The molecule has 1 N–H and O–H groups in total. The highest BCUT2D eigenvalue weighted by Gasteiger charge is 2.45. The van der Waals surface area contributed by atoms with Crippen LogP contribution in [-0.4, -0.2) is 60.2 Å². The fourth-order valence-corrected chi connectivity index (χ4v) is 5.08. The van der Waals surface area contributed by atoms with E-state index in [1.165, 1.54) is 11.1 Å². The highest BCUT2D eigenvalue weighted by Crippen LogP contribution is 2.34. The van der Waals surface area contributed by atoms with Crippen LogP contribution in [0, 0.1) is 5.92 Å². The summed E-state index contributed by atoms with van der Waals surface area (Å²) in [5.41, 5.74) is 3.45. The highest BCUT2D eigenvalue weighted by molar-refractivity contribution is 5.87. The molecule has 6 nitrogen and oxygen atoms in total. The number of carboxylic acid groups (broad SMARTS) is 1. The van der Waals surface area contributed by atoms with Crippen LogP contribution < -0.4 is 0 Å². The van der Waals surface area contributed by atoms with Gasteiger partial charge in [0.1, 0.15) is 0 Å². The number of unbranched alkanes of at least 4 members (excludes halogenated alkanes) is 1. The van der Waals surface area contributed by atoms with E-state index in [0.29, 0.717) is 32.7 Å². The molecule has 0 spiro atoms. The molecule has 6 heteroatoms. The molecule has 4 rings (SSSR count). The number of allylic oxidation sites excluding steroid dienone is 2. The van der Waals surface area contributed by atoms with Crippen LogP contribution in [-0.2, 0) is 25.7 Å². The molecule has 0 bridgehead atoms. The molecule has 2 fully saturated rings. The Balaban J connectivity index is 1.38. The summed E-state index contributed by atoms with van der Waals surface area (Å²) >= 11 is 0. The number of carboxylic acids is 1. The SMILES string of the molecule is O=C(O)CCC/C=C\C[C@H]1[C@@H](OCc2ccc(-c3ccccc3)cc2)CC(=O)[C@@H]1N1CCOCC1. The maximum Gasteiger partial charge on any atom is 0.303 e. The largest absolute Gasteiger partial charge is 0.481 e. The lowest BCUT2D eigenvalue weighted by molar-refractivity contribution is -0.137. The van der Waals surface area contributed by atoms with E-state index in [9.17, 15) is 9.59 Å². The molecule has 3 atom stereocenters. The zero-order chi connectivity index (χ0) is 24.5. The van der Waals surface area contributed by atoms with Crippen molar-refractivity contribution in [1.82, 2.24) is 4.90 Å². The summed E-state index contributed by atoms with van der Waals surface area (Å²) in [7, 11) is 0. The maximum atomic E-state index is 13.1. The molecule has 2 aromatic carbocycles. The molecule has 1 aliphatic carbocycles. The van der Waals surface area contributed by atoms with Gasteiger partial charge in [-0.25, -0.2) is 0 Å². The van der Waals surface area contributed by atoms with Gasteiger partial charge < -0.3 is 14.6 Å². The van der Waals surface area contributed by atoms with E-state index in [1.54, 1.807) is 0 Å². The molecule has 1 saturated heterocycles. The number of Topliss-reactive ketones (excluding diaryl/α,β-unsaturated/α-hetero) is 1.